The molecule has 1 saturated heterocycles. The van der Waals surface area contributed by atoms with Gasteiger partial charge in [-0.05, 0) is 26.8 Å². The number of ether oxygens (including phenoxy) is 1. The zero-order chi connectivity index (χ0) is 8.27. The van der Waals surface area contributed by atoms with Crippen LogP contribution in [0.3, 0.4) is 0 Å². The largest absolute Gasteiger partial charge is 0.365 e. The fourth-order valence-corrected chi connectivity index (χ4v) is 1.80. The summed E-state index contributed by atoms with van der Waals surface area (Å²) in [6.07, 6.45) is 2.91. The Morgan fingerprint density at radius 3 is 2.45 bits per heavy atom. The van der Waals surface area contributed by atoms with E-state index in [1.54, 1.807) is 0 Å². The quantitative estimate of drug-likeness (QED) is 0.560. The van der Waals surface area contributed by atoms with Crippen molar-refractivity contribution in [1.29, 1.82) is 0 Å². The highest BCUT2D eigenvalue weighted by molar-refractivity contribution is 14.1. The third-order valence-corrected chi connectivity index (χ3v) is 2.34. The molecule has 0 aliphatic carbocycles. The number of nitrogens with zero attached hydrogens (tertiary/aromatic N) is 1. The molecule has 3 heteroatoms. The summed E-state index contributed by atoms with van der Waals surface area (Å²) in [4.78, 5) is 2.36. The minimum Gasteiger partial charge on any atom is -0.365 e. The highest BCUT2D eigenvalue weighted by Crippen LogP contribution is 2.15. The molecule has 0 amide bonds. The first-order valence-corrected chi connectivity index (χ1v) is 5.41. The molecule has 1 atom stereocenters. The van der Waals surface area contributed by atoms with Crippen LogP contribution in [0.25, 0.3) is 0 Å². The first-order chi connectivity index (χ1) is 5.18. The molecular weight excluding hydrogens is 253 g/mol. The Morgan fingerprint density at radius 2 is 2.00 bits per heavy atom. The molecule has 0 spiro atoms. The van der Waals surface area contributed by atoms with Gasteiger partial charge in [0.15, 0.2) is 0 Å². The van der Waals surface area contributed by atoms with Crippen molar-refractivity contribution in [2.24, 2.45) is 0 Å². The Kier molecular flexibility index (Phi) is 4.09. The molecule has 66 valence electrons. The van der Waals surface area contributed by atoms with Gasteiger partial charge >= 0.3 is 0 Å². The molecule has 1 rings (SSSR count). The van der Waals surface area contributed by atoms with Crippen molar-refractivity contribution in [1.82, 2.24) is 4.90 Å². The molecule has 0 saturated carbocycles. The Morgan fingerprint density at radius 1 is 1.45 bits per heavy atom. The number of rotatable bonds is 2. The van der Waals surface area contributed by atoms with Gasteiger partial charge in [0, 0.05) is 13.1 Å². The van der Waals surface area contributed by atoms with Crippen LogP contribution in [0.5, 0.6) is 0 Å². The molecule has 0 N–H and O–H groups in total. The maximum absolute atomic E-state index is 5.70. The number of hydrogen-bond donors (Lipinski definition) is 0. The van der Waals surface area contributed by atoms with Crippen molar-refractivity contribution in [2.75, 3.05) is 20.1 Å². The number of halogens is 1. The highest BCUT2D eigenvalue weighted by atomic mass is 127. The van der Waals surface area contributed by atoms with Crippen molar-refractivity contribution in [2.45, 2.75) is 30.0 Å². The SMILES string of the molecule is C[C@H](I)OC1CCN(C)CC1. The van der Waals surface area contributed by atoms with Gasteiger partial charge in [0.25, 0.3) is 0 Å². The topological polar surface area (TPSA) is 12.5 Å². The van der Waals surface area contributed by atoms with E-state index in [2.05, 4.69) is 41.5 Å². The van der Waals surface area contributed by atoms with Crippen LogP contribution in [-0.4, -0.2) is 35.3 Å². The summed E-state index contributed by atoms with van der Waals surface area (Å²) in [6.45, 7) is 4.47. The number of piperidine rings is 1. The summed E-state index contributed by atoms with van der Waals surface area (Å²) in [6, 6.07) is 0. The second kappa shape index (κ2) is 4.62. The van der Waals surface area contributed by atoms with Gasteiger partial charge in [0.05, 0.1) is 6.10 Å². The second-order valence-corrected chi connectivity index (χ2v) is 4.94. The average molecular weight is 269 g/mol. The Hall–Kier alpha value is 0.650. The molecular formula is C8H16INO. The van der Waals surface area contributed by atoms with E-state index < -0.39 is 0 Å². The minimum absolute atomic E-state index is 0.362. The van der Waals surface area contributed by atoms with Gasteiger partial charge in [0.2, 0.25) is 0 Å². The van der Waals surface area contributed by atoms with Gasteiger partial charge in [-0.3, -0.25) is 0 Å². The third-order valence-electron chi connectivity index (χ3n) is 2.05. The van der Waals surface area contributed by atoms with Gasteiger partial charge in [-0.15, -0.1) is 0 Å². The van der Waals surface area contributed by atoms with Gasteiger partial charge in [0.1, 0.15) is 4.11 Å². The fourth-order valence-electron chi connectivity index (χ4n) is 1.39. The highest BCUT2D eigenvalue weighted by Gasteiger charge is 2.17. The standard InChI is InChI=1S/C8H16INO/c1-7(9)11-8-3-5-10(2)6-4-8/h7-8H,3-6H2,1-2H3/t7-/m1/s1. The van der Waals surface area contributed by atoms with E-state index in [-0.39, 0.29) is 0 Å². The molecule has 1 aliphatic heterocycles. The van der Waals surface area contributed by atoms with Crippen LogP contribution < -0.4 is 0 Å². The lowest BCUT2D eigenvalue weighted by Crippen LogP contribution is -2.34. The van der Waals surface area contributed by atoms with Crippen LogP contribution in [0.4, 0.5) is 0 Å². The van der Waals surface area contributed by atoms with Crippen molar-refractivity contribution in [3.05, 3.63) is 0 Å². The third kappa shape index (κ3) is 3.71. The minimum atomic E-state index is 0.362. The lowest BCUT2D eigenvalue weighted by molar-refractivity contribution is 0.0115. The Balaban J connectivity index is 2.17. The van der Waals surface area contributed by atoms with Crippen LogP contribution >= 0.6 is 22.6 Å². The maximum Gasteiger partial charge on any atom is 0.106 e. The maximum atomic E-state index is 5.70. The van der Waals surface area contributed by atoms with Crippen molar-refractivity contribution >= 4 is 22.6 Å². The summed E-state index contributed by atoms with van der Waals surface area (Å²) in [7, 11) is 2.17. The summed E-state index contributed by atoms with van der Waals surface area (Å²) >= 11 is 2.31. The molecule has 0 bridgehead atoms. The van der Waals surface area contributed by atoms with Crippen molar-refractivity contribution in [3.63, 3.8) is 0 Å². The monoisotopic (exact) mass is 269 g/mol. The molecule has 0 aromatic heterocycles. The van der Waals surface area contributed by atoms with Gasteiger partial charge in [-0.2, -0.15) is 0 Å². The lowest BCUT2D eigenvalue weighted by Gasteiger charge is -2.29. The Bertz CT molecular complexity index is 111. The molecule has 0 radical (unpaired) electrons. The van der Waals surface area contributed by atoms with Crippen LogP contribution in [-0.2, 0) is 4.74 Å². The van der Waals surface area contributed by atoms with Gasteiger partial charge in [-0.1, -0.05) is 22.6 Å². The van der Waals surface area contributed by atoms with Crippen LogP contribution in [0, 0.1) is 0 Å². The molecule has 0 aromatic carbocycles. The van der Waals surface area contributed by atoms with E-state index in [9.17, 15) is 0 Å². The van der Waals surface area contributed by atoms with Crippen LogP contribution in [0.15, 0.2) is 0 Å². The van der Waals surface area contributed by atoms with E-state index in [1.165, 1.54) is 25.9 Å². The van der Waals surface area contributed by atoms with E-state index in [0.717, 1.165) is 0 Å². The Labute approximate surface area is 82.4 Å². The van der Waals surface area contributed by atoms with Gasteiger partial charge in [-0.25, -0.2) is 0 Å². The van der Waals surface area contributed by atoms with E-state index in [1.807, 2.05) is 0 Å². The summed E-state index contributed by atoms with van der Waals surface area (Å²) in [5.74, 6) is 0. The molecule has 1 aliphatic rings. The summed E-state index contributed by atoms with van der Waals surface area (Å²) < 4.78 is 6.06. The molecule has 1 fully saturated rings. The van der Waals surface area contributed by atoms with Crippen molar-refractivity contribution < 1.29 is 4.74 Å². The normalized spacial score (nSPS) is 25.4. The first kappa shape index (κ1) is 9.74. The first-order valence-electron chi connectivity index (χ1n) is 4.16. The predicted octanol–water partition coefficient (Wildman–Crippen LogP) is 1.88. The smallest absolute Gasteiger partial charge is 0.106 e. The average Bonchev–Trinajstić information content (AvgIpc) is 1.93. The van der Waals surface area contributed by atoms with Crippen molar-refractivity contribution in [3.8, 4) is 0 Å². The van der Waals surface area contributed by atoms with Crippen LogP contribution in [0.2, 0.25) is 0 Å². The molecule has 1 heterocycles. The van der Waals surface area contributed by atoms with E-state index in [4.69, 9.17) is 4.74 Å². The fraction of sp³-hybridized carbons (Fsp3) is 1.00. The summed E-state index contributed by atoms with van der Waals surface area (Å²) in [5.41, 5.74) is 0. The molecule has 2 nitrogen and oxygen atoms in total. The summed E-state index contributed by atoms with van der Waals surface area (Å²) in [5, 5.41) is 0. The zero-order valence-electron chi connectivity index (χ0n) is 7.22. The molecule has 11 heavy (non-hydrogen) atoms. The lowest BCUT2D eigenvalue weighted by atomic mass is 10.1. The zero-order valence-corrected chi connectivity index (χ0v) is 9.37. The van der Waals surface area contributed by atoms with Gasteiger partial charge < -0.3 is 9.64 Å². The predicted molar refractivity (Wildman–Crippen MR) is 55.1 cm³/mol. The van der Waals surface area contributed by atoms with Crippen LogP contribution in [0.1, 0.15) is 19.8 Å². The molecule has 0 aromatic rings. The number of hydrogen-bond acceptors (Lipinski definition) is 2. The number of likely N-dealkylation sites (tertiary alicyclic amines) is 1. The van der Waals surface area contributed by atoms with E-state index >= 15 is 0 Å². The second-order valence-electron chi connectivity index (χ2n) is 3.18. The van der Waals surface area contributed by atoms with E-state index in [0.29, 0.717) is 10.2 Å². The molecule has 0 unspecified atom stereocenters. The number of alkyl halides is 1.